The van der Waals surface area contributed by atoms with E-state index >= 15 is 0 Å². The molecule has 0 aliphatic carbocycles. The van der Waals surface area contributed by atoms with Crippen LogP contribution in [-0.4, -0.2) is 40.1 Å². The molecule has 0 saturated carbocycles. The van der Waals surface area contributed by atoms with Gasteiger partial charge in [-0.15, -0.1) is 0 Å². The molecule has 0 aliphatic rings. The van der Waals surface area contributed by atoms with Gasteiger partial charge in [0.05, 0.1) is 0 Å². The molecule has 0 saturated heterocycles. The van der Waals surface area contributed by atoms with Gasteiger partial charge in [0.1, 0.15) is 6.04 Å². The van der Waals surface area contributed by atoms with Gasteiger partial charge in [0.15, 0.2) is 12.0 Å². The number of aliphatic carboxylic acids is 1. The van der Waals surface area contributed by atoms with E-state index in [9.17, 15) is 14.4 Å². The van der Waals surface area contributed by atoms with Gasteiger partial charge in [-0.05, 0) is 12.8 Å². The fourth-order valence-electron chi connectivity index (χ4n) is 0.937. The molecule has 0 aliphatic heterocycles. The van der Waals surface area contributed by atoms with Gasteiger partial charge in [-0.25, -0.2) is 4.79 Å². The number of hydrogen-bond donors (Lipinski definition) is 4. The molecule has 0 heterocycles. The summed E-state index contributed by atoms with van der Waals surface area (Å²) in [5.41, 5.74) is 3.03. The summed E-state index contributed by atoms with van der Waals surface area (Å²) in [4.78, 5) is 31.5. The highest BCUT2D eigenvalue weighted by Gasteiger charge is 2.25. The maximum atomic E-state index is 10.6. The van der Waals surface area contributed by atoms with Crippen molar-refractivity contribution in [2.45, 2.75) is 31.5 Å². The Morgan fingerprint density at radius 1 is 1.60 bits per heavy atom. The van der Waals surface area contributed by atoms with Crippen LogP contribution >= 0.6 is 0 Å². The summed E-state index contributed by atoms with van der Waals surface area (Å²) in [7, 11) is 0. The molecule has 0 fully saturated rings. The summed E-state index contributed by atoms with van der Waals surface area (Å²) < 4.78 is 0. The lowest BCUT2D eigenvalue weighted by molar-refractivity contribution is -0.142. The Kier molecular flexibility index (Phi) is 4.89. The van der Waals surface area contributed by atoms with Gasteiger partial charge in [-0.1, -0.05) is 0 Å². The third-order valence-electron chi connectivity index (χ3n) is 1.71. The highest BCUT2D eigenvalue weighted by atomic mass is 16.4. The van der Waals surface area contributed by atoms with Crippen molar-refractivity contribution in [1.82, 2.24) is 5.32 Å². The van der Waals surface area contributed by atoms with Crippen LogP contribution in [0, 0.1) is 0 Å². The largest absolute Gasteiger partial charge is 0.480 e. The van der Waals surface area contributed by atoms with Crippen LogP contribution in [0.3, 0.4) is 0 Å². The summed E-state index contributed by atoms with van der Waals surface area (Å²) in [6.45, 7) is 1.17. The first-order valence-corrected chi connectivity index (χ1v) is 4.26. The molecule has 7 nitrogen and oxygen atoms in total. The Labute approximate surface area is 86.3 Å². The van der Waals surface area contributed by atoms with Gasteiger partial charge < -0.3 is 15.5 Å². The molecule has 2 atom stereocenters. The molecule has 1 amide bonds. The highest BCUT2D eigenvalue weighted by molar-refractivity contribution is 5.82. The van der Waals surface area contributed by atoms with Crippen molar-refractivity contribution >= 4 is 18.2 Å². The summed E-state index contributed by atoms with van der Waals surface area (Å²) in [5.74, 6) is -1.75. The van der Waals surface area contributed by atoms with Crippen molar-refractivity contribution in [3.63, 3.8) is 0 Å². The van der Waals surface area contributed by atoms with E-state index in [1.54, 1.807) is 0 Å². The van der Waals surface area contributed by atoms with Crippen molar-refractivity contribution in [1.29, 1.82) is 0 Å². The molecule has 7 heteroatoms. The molecular formula is C8H14N2O5. The lowest BCUT2D eigenvalue weighted by atomic mass is 10.0. The predicted octanol–water partition coefficient (Wildman–Crippen LogP) is -1.80. The zero-order valence-corrected chi connectivity index (χ0v) is 8.27. The van der Waals surface area contributed by atoms with Crippen LogP contribution in [0.2, 0.25) is 0 Å². The average Bonchev–Trinajstić information content (AvgIpc) is 2.11. The number of hydrogen-bond acceptors (Lipinski definition) is 5. The summed E-state index contributed by atoms with van der Waals surface area (Å²) in [5, 5.41) is 19.9. The SMILES string of the molecule is CC(=O)N[C@@H](CCC(N)(O)C=O)C(=O)O. The third-order valence-corrected chi connectivity index (χ3v) is 1.71. The van der Waals surface area contributed by atoms with Crippen LogP contribution in [0.1, 0.15) is 19.8 Å². The Bertz CT molecular complexity index is 264. The first kappa shape index (κ1) is 13.5. The van der Waals surface area contributed by atoms with Crippen LogP contribution in [0.25, 0.3) is 0 Å². The van der Waals surface area contributed by atoms with E-state index in [2.05, 4.69) is 5.32 Å². The smallest absolute Gasteiger partial charge is 0.326 e. The number of carbonyl (C=O) groups excluding carboxylic acids is 2. The van der Waals surface area contributed by atoms with Crippen molar-refractivity contribution in [2.75, 3.05) is 0 Å². The molecule has 0 radical (unpaired) electrons. The molecular weight excluding hydrogens is 204 g/mol. The third kappa shape index (κ3) is 5.76. The highest BCUT2D eigenvalue weighted by Crippen LogP contribution is 2.06. The van der Waals surface area contributed by atoms with Crippen molar-refractivity contribution in [3.05, 3.63) is 0 Å². The van der Waals surface area contributed by atoms with Gasteiger partial charge in [0.2, 0.25) is 5.91 Å². The monoisotopic (exact) mass is 218 g/mol. The lowest BCUT2D eigenvalue weighted by Crippen LogP contribution is -2.45. The Balaban J connectivity index is 4.25. The Morgan fingerprint density at radius 3 is 2.47 bits per heavy atom. The number of nitrogens with one attached hydrogen (secondary N) is 1. The molecule has 0 aromatic heterocycles. The number of carboxylic acids is 1. The summed E-state index contributed by atoms with van der Waals surface area (Å²) in [6.07, 6.45) is -0.242. The van der Waals surface area contributed by atoms with Gasteiger partial charge in [-0.2, -0.15) is 0 Å². The second kappa shape index (κ2) is 5.42. The summed E-state index contributed by atoms with van der Waals surface area (Å²) in [6, 6.07) is -1.16. The van der Waals surface area contributed by atoms with Crippen molar-refractivity contribution < 1.29 is 24.6 Å². The van der Waals surface area contributed by atoms with Gasteiger partial charge >= 0.3 is 5.97 Å². The average molecular weight is 218 g/mol. The number of aldehydes is 1. The van der Waals surface area contributed by atoms with E-state index in [4.69, 9.17) is 15.9 Å². The minimum atomic E-state index is -2.05. The van der Waals surface area contributed by atoms with Crippen molar-refractivity contribution in [3.8, 4) is 0 Å². The molecule has 0 bridgehead atoms. The van der Waals surface area contributed by atoms with E-state index in [-0.39, 0.29) is 19.1 Å². The molecule has 5 N–H and O–H groups in total. The maximum absolute atomic E-state index is 10.6. The molecule has 0 rings (SSSR count). The number of aliphatic hydroxyl groups is 1. The first-order chi connectivity index (χ1) is 6.78. The fourth-order valence-corrected chi connectivity index (χ4v) is 0.937. The minimum Gasteiger partial charge on any atom is -0.480 e. The first-order valence-electron chi connectivity index (χ1n) is 4.26. The number of carboxylic acid groups (broad SMARTS) is 1. The van der Waals surface area contributed by atoms with E-state index in [1.165, 1.54) is 6.92 Å². The van der Waals surface area contributed by atoms with E-state index < -0.39 is 23.6 Å². The van der Waals surface area contributed by atoms with Crippen LogP contribution < -0.4 is 11.1 Å². The normalized spacial score (nSPS) is 16.2. The lowest BCUT2D eigenvalue weighted by Gasteiger charge is -2.18. The molecule has 15 heavy (non-hydrogen) atoms. The van der Waals surface area contributed by atoms with Crippen molar-refractivity contribution in [2.24, 2.45) is 5.73 Å². The number of nitrogens with two attached hydrogens (primary N) is 1. The Hall–Kier alpha value is -1.47. The number of amides is 1. The van der Waals surface area contributed by atoms with Gasteiger partial charge in [0.25, 0.3) is 0 Å². The van der Waals surface area contributed by atoms with E-state index in [0.29, 0.717) is 0 Å². The molecule has 0 aromatic carbocycles. The molecule has 1 unspecified atom stereocenters. The number of rotatable bonds is 6. The zero-order chi connectivity index (χ0) is 12.1. The standard InChI is InChI=1S/C8H14N2O5/c1-5(12)10-6(7(13)14)2-3-8(9,15)4-11/h4,6,15H,2-3,9H2,1H3,(H,10,12)(H,13,14)/t6-,8?/m0/s1. The fraction of sp³-hybridized carbons (Fsp3) is 0.625. The quantitative estimate of drug-likeness (QED) is 0.307. The number of carbonyl (C=O) groups is 3. The van der Waals surface area contributed by atoms with E-state index in [0.717, 1.165) is 0 Å². The topological polar surface area (TPSA) is 130 Å². The van der Waals surface area contributed by atoms with Crippen LogP contribution in [0.4, 0.5) is 0 Å². The van der Waals surface area contributed by atoms with Gasteiger partial charge in [0, 0.05) is 6.92 Å². The van der Waals surface area contributed by atoms with Crippen LogP contribution in [0.15, 0.2) is 0 Å². The van der Waals surface area contributed by atoms with E-state index in [1.807, 2.05) is 0 Å². The second-order valence-corrected chi connectivity index (χ2v) is 3.24. The van der Waals surface area contributed by atoms with Gasteiger partial charge in [-0.3, -0.25) is 15.3 Å². The Morgan fingerprint density at radius 2 is 2.13 bits per heavy atom. The summed E-state index contributed by atoms with van der Waals surface area (Å²) >= 11 is 0. The van der Waals surface area contributed by atoms with Crippen LogP contribution in [-0.2, 0) is 14.4 Å². The molecule has 86 valence electrons. The van der Waals surface area contributed by atoms with Crippen LogP contribution in [0.5, 0.6) is 0 Å². The second-order valence-electron chi connectivity index (χ2n) is 3.24. The zero-order valence-electron chi connectivity index (χ0n) is 8.27. The molecule has 0 aromatic rings. The molecule has 0 spiro atoms. The minimum absolute atomic E-state index is 0.124. The predicted molar refractivity (Wildman–Crippen MR) is 49.7 cm³/mol. The maximum Gasteiger partial charge on any atom is 0.326 e.